The van der Waals surface area contributed by atoms with Crippen molar-refractivity contribution in [2.75, 3.05) is 13.7 Å². The van der Waals surface area contributed by atoms with Gasteiger partial charge in [-0.3, -0.25) is 9.78 Å². The predicted molar refractivity (Wildman–Crippen MR) is 122 cm³/mol. The molecule has 0 spiro atoms. The number of carbonyl (C=O) groups excluding carboxylic acids is 1. The first kappa shape index (κ1) is 20.5. The lowest BCUT2D eigenvalue weighted by molar-refractivity contribution is 0.0930. The maximum atomic E-state index is 13.3. The molecule has 2 aromatic carbocycles. The van der Waals surface area contributed by atoms with E-state index in [1.165, 1.54) is 0 Å². The van der Waals surface area contributed by atoms with E-state index in [0.29, 0.717) is 17.9 Å². The molecule has 0 saturated heterocycles. The third-order valence-electron chi connectivity index (χ3n) is 5.53. The Morgan fingerprint density at radius 1 is 1.23 bits per heavy atom. The van der Waals surface area contributed by atoms with Gasteiger partial charge in [0.1, 0.15) is 11.5 Å². The summed E-state index contributed by atoms with van der Waals surface area (Å²) in [5.41, 5.74) is 2.21. The molecule has 1 N–H and O–H groups in total. The van der Waals surface area contributed by atoms with E-state index in [1.54, 1.807) is 13.3 Å². The van der Waals surface area contributed by atoms with Crippen LogP contribution in [0.1, 0.15) is 41.3 Å². The molecule has 6 heteroatoms. The highest BCUT2D eigenvalue weighted by molar-refractivity contribution is 7.80. The third-order valence-corrected chi connectivity index (χ3v) is 5.67. The van der Waals surface area contributed by atoms with E-state index in [4.69, 9.17) is 9.47 Å². The number of ether oxygens (including phenoxy) is 2. The van der Waals surface area contributed by atoms with Crippen LogP contribution in [0.3, 0.4) is 0 Å². The lowest BCUT2D eigenvalue weighted by atomic mass is 9.96. The van der Waals surface area contributed by atoms with E-state index in [1.807, 2.05) is 56.4 Å². The minimum atomic E-state index is -0.395. The Morgan fingerprint density at radius 3 is 2.73 bits per heavy atom. The number of pyridine rings is 1. The Bertz CT molecular complexity index is 1090. The Balaban J connectivity index is 1.65. The van der Waals surface area contributed by atoms with Crippen LogP contribution in [0.15, 0.2) is 48.8 Å². The molecule has 1 saturated carbocycles. The minimum Gasteiger partial charge on any atom is -0.497 e. The van der Waals surface area contributed by atoms with Gasteiger partial charge in [-0.15, -0.1) is 0 Å². The second kappa shape index (κ2) is 8.19. The molecule has 1 aliphatic rings. The van der Waals surface area contributed by atoms with Gasteiger partial charge in [-0.2, -0.15) is 12.6 Å². The number of thiol groups is 1. The number of amides is 1. The van der Waals surface area contributed by atoms with E-state index in [-0.39, 0.29) is 11.2 Å². The van der Waals surface area contributed by atoms with Gasteiger partial charge in [0.05, 0.1) is 19.3 Å². The zero-order chi connectivity index (χ0) is 21.3. The maximum Gasteiger partial charge on any atom is 0.252 e. The monoisotopic (exact) mass is 422 g/mol. The number of benzene rings is 2. The normalized spacial score (nSPS) is 15.5. The van der Waals surface area contributed by atoms with Crippen LogP contribution in [0.25, 0.3) is 10.8 Å². The number of aromatic nitrogens is 1. The smallest absolute Gasteiger partial charge is 0.252 e. The maximum absolute atomic E-state index is 13.3. The van der Waals surface area contributed by atoms with Crippen LogP contribution >= 0.6 is 12.6 Å². The second-order valence-electron chi connectivity index (χ2n) is 7.94. The molecular weight excluding hydrogens is 396 g/mol. The van der Waals surface area contributed by atoms with Gasteiger partial charge < -0.3 is 14.8 Å². The quantitative estimate of drug-likeness (QED) is 0.544. The van der Waals surface area contributed by atoms with Crippen LogP contribution in [-0.2, 0) is 5.54 Å². The Kier molecular flexibility index (Phi) is 5.60. The zero-order valence-electron chi connectivity index (χ0n) is 17.4. The Hall–Kier alpha value is -2.73. The molecule has 1 amide bonds. The summed E-state index contributed by atoms with van der Waals surface area (Å²) in [6.07, 6.45) is 5.38. The fraction of sp³-hybridized carbons (Fsp3) is 0.333. The largest absolute Gasteiger partial charge is 0.497 e. The van der Waals surface area contributed by atoms with Gasteiger partial charge in [0, 0.05) is 28.6 Å². The number of methoxy groups -OCH3 is 1. The number of nitrogens with one attached hydrogen (secondary N) is 1. The number of rotatable bonds is 7. The van der Waals surface area contributed by atoms with Crippen LogP contribution in [0.5, 0.6) is 11.5 Å². The number of fused-ring (bicyclic) bond motifs is 1. The highest BCUT2D eigenvalue weighted by Crippen LogP contribution is 2.49. The molecule has 0 bridgehead atoms. The van der Waals surface area contributed by atoms with Gasteiger partial charge in [0.25, 0.3) is 5.91 Å². The van der Waals surface area contributed by atoms with E-state index >= 15 is 0 Å². The molecule has 0 radical (unpaired) electrons. The lowest BCUT2D eigenvalue weighted by Gasteiger charge is -2.22. The molecule has 1 aliphatic carbocycles. The zero-order valence-corrected chi connectivity index (χ0v) is 18.3. The van der Waals surface area contributed by atoms with E-state index in [0.717, 1.165) is 40.5 Å². The summed E-state index contributed by atoms with van der Waals surface area (Å²) in [6.45, 7) is 4.39. The highest BCUT2D eigenvalue weighted by Gasteiger charge is 2.47. The van der Waals surface area contributed by atoms with Crippen molar-refractivity contribution < 1.29 is 14.3 Å². The minimum absolute atomic E-state index is 0.0978. The molecular formula is C24H26N2O3S. The molecule has 1 fully saturated rings. The van der Waals surface area contributed by atoms with Crippen molar-refractivity contribution in [3.63, 3.8) is 0 Å². The molecule has 30 heavy (non-hydrogen) atoms. The van der Waals surface area contributed by atoms with Crippen LogP contribution in [0.4, 0.5) is 0 Å². The molecule has 4 rings (SSSR count). The lowest BCUT2D eigenvalue weighted by Crippen LogP contribution is -2.35. The van der Waals surface area contributed by atoms with Crippen molar-refractivity contribution in [3.05, 3.63) is 65.5 Å². The van der Waals surface area contributed by atoms with E-state index < -0.39 is 5.54 Å². The fourth-order valence-corrected chi connectivity index (χ4v) is 3.79. The molecule has 1 atom stereocenters. The van der Waals surface area contributed by atoms with Crippen LogP contribution in [-0.4, -0.2) is 29.9 Å². The second-order valence-corrected chi connectivity index (χ2v) is 8.83. The van der Waals surface area contributed by atoms with Crippen LogP contribution in [0.2, 0.25) is 0 Å². The topological polar surface area (TPSA) is 60.5 Å². The van der Waals surface area contributed by atoms with Crippen LogP contribution in [0, 0.1) is 6.92 Å². The average molecular weight is 423 g/mol. The average Bonchev–Trinajstić information content (AvgIpc) is 3.52. The number of carbonyl (C=O) groups is 1. The van der Waals surface area contributed by atoms with Gasteiger partial charge in [0.2, 0.25) is 0 Å². The molecule has 156 valence electrons. The van der Waals surface area contributed by atoms with Crippen molar-refractivity contribution in [1.29, 1.82) is 0 Å². The summed E-state index contributed by atoms with van der Waals surface area (Å²) in [5, 5.41) is 5.49. The van der Waals surface area contributed by atoms with Gasteiger partial charge in [0.15, 0.2) is 0 Å². The number of hydrogen-bond donors (Lipinski definition) is 2. The summed E-state index contributed by atoms with van der Waals surface area (Å²) < 4.78 is 11.2. The molecule has 0 aliphatic heterocycles. The molecule has 1 heterocycles. The number of aryl methyl sites for hydroxylation is 1. The van der Waals surface area contributed by atoms with Crippen molar-refractivity contribution in [1.82, 2.24) is 10.3 Å². The first-order valence-electron chi connectivity index (χ1n) is 10.1. The molecule has 0 unspecified atom stereocenters. The van der Waals surface area contributed by atoms with Crippen molar-refractivity contribution in [2.45, 2.75) is 37.5 Å². The van der Waals surface area contributed by atoms with Crippen LogP contribution < -0.4 is 14.8 Å². The number of hydrogen-bond acceptors (Lipinski definition) is 5. The van der Waals surface area contributed by atoms with Gasteiger partial charge in [-0.1, -0.05) is 13.0 Å². The van der Waals surface area contributed by atoms with Gasteiger partial charge >= 0.3 is 0 Å². The van der Waals surface area contributed by atoms with E-state index in [9.17, 15) is 4.79 Å². The SMILES string of the molecule is COc1cc(C2(NC(=O)c3cc(OC[C@H](C)S)ccc3C)CC2)c2ccncc2c1. The first-order chi connectivity index (χ1) is 14.4. The summed E-state index contributed by atoms with van der Waals surface area (Å²) in [6, 6.07) is 11.6. The molecule has 1 aromatic heterocycles. The summed E-state index contributed by atoms with van der Waals surface area (Å²) >= 11 is 4.35. The summed E-state index contributed by atoms with van der Waals surface area (Å²) in [4.78, 5) is 17.5. The fourth-order valence-electron chi connectivity index (χ4n) is 3.72. The van der Waals surface area contributed by atoms with Crippen molar-refractivity contribution in [3.8, 4) is 11.5 Å². The first-order valence-corrected chi connectivity index (χ1v) is 10.6. The summed E-state index contributed by atoms with van der Waals surface area (Å²) in [5.74, 6) is 1.34. The summed E-state index contributed by atoms with van der Waals surface area (Å²) in [7, 11) is 1.65. The van der Waals surface area contributed by atoms with Crippen molar-refractivity contribution in [2.24, 2.45) is 0 Å². The number of nitrogens with zero attached hydrogens (tertiary/aromatic N) is 1. The van der Waals surface area contributed by atoms with Gasteiger partial charge in [-0.25, -0.2) is 0 Å². The van der Waals surface area contributed by atoms with E-state index in [2.05, 4.69) is 22.9 Å². The van der Waals surface area contributed by atoms with Gasteiger partial charge in [-0.05, 0) is 66.6 Å². The van der Waals surface area contributed by atoms with Crippen molar-refractivity contribution >= 4 is 29.3 Å². The highest BCUT2D eigenvalue weighted by atomic mass is 32.1. The Labute approximate surface area is 182 Å². The molecule has 5 nitrogen and oxygen atoms in total. The third kappa shape index (κ3) is 4.10. The molecule has 3 aromatic rings. The Morgan fingerprint density at radius 2 is 2.03 bits per heavy atom. The standard InChI is InChI=1S/C24H26N2O3S/c1-15-4-5-18(29-14-16(2)30)11-21(15)23(27)26-24(7-8-24)22-12-19(28-3)10-17-13-25-9-6-20(17)22/h4-6,9-13,16,30H,7-8,14H2,1-3H3,(H,26,27)/t16-/m0/s1. The predicted octanol–water partition coefficient (Wildman–Crippen LogP) is 4.67.